The quantitative estimate of drug-likeness (QED) is 0.176. The van der Waals surface area contributed by atoms with Crippen LogP contribution in [-0.2, 0) is 11.0 Å². The molecule has 0 bridgehead atoms. The number of hydrogen-bond acceptors (Lipinski definition) is 4. The van der Waals surface area contributed by atoms with Crippen LogP contribution in [0.3, 0.4) is 0 Å². The van der Waals surface area contributed by atoms with E-state index < -0.39 is 19.6 Å². The van der Waals surface area contributed by atoms with Gasteiger partial charge in [0, 0.05) is 11.1 Å². The molecule has 0 aliphatic carbocycles. The minimum Gasteiger partial charge on any atom is -0.396 e. The summed E-state index contributed by atoms with van der Waals surface area (Å²) in [6.07, 6.45) is 0. The third-order valence-electron chi connectivity index (χ3n) is 7.65. The Hall–Kier alpha value is -4.25. The highest BCUT2D eigenvalue weighted by molar-refractivity contribution is 6.99. The average Bonchev–Trinajstić information content (AvgIpc) is 2.94. The maximum atomic E-state index is 13.9. The monoisotopic (exact) mass is 592 g/mol. The summed E-state index contributed by atoms with van der Waals surface area (Å²) in [4.78, 5) is 42.3. The zero-order valence-electron chi connectivity index (χ0n) is 26.1. The van der Waals surface area contributed by atoms with Crippen LogP contribution in [0.1, 0.15) is 73.3 Å². The number of H-pyrrole nitrogens is 1. The molecule has 0 amide bonds. The second kappa shape index (κ2) is 12.9. The lowest BCUT2D eigenvalue weighted by atomic mass is 9.95. The van der Waals surface area contributed by atoms with Crippen LogP contribution in [-0.4, -0.2) is 30.3 Å². The molecule has 0 aliphatic heterocycles. The van der Waals surface area contributed by atoms with Gasteiger partial charge in [0.15, 0.2) is 0 Å². The molecule has 0 spiro atoms. The Balaban J connectivity index is 1.74. The SMILES string of the molecule is Cc1cc(C)cc(C(=O)c2c(C(C)C)c(=O)[nH]c(=O)n2CC#CCO[Si](c2ccccc2)(c2ccccc2)C(C)(C)C)c1. The first-order valence-corrected chi connectivity index (χ1v) is 16.5. The van der Waals surface area contributed by atoms with Crippen molar-refractivity contribution in [1.82, 2.24) is 9.55 Å². The zero-order chi connectivity index (χ0) is 31.4. The van der Waals surface area contributed by atoms with Crippen molar-refractivity contribution in [3.8, 4) is 11.8 Å². The molecule has 7 heteroatoms. The molecule has 6 nitrogen and oxygen atoms in total. The Kier molecular flexibility index (Phi) is 9.54. The molecule has 1 heterocycles. The summed E-state index contributed by atoms with van der Waals surface area (Å²) in [5.41, 5.74) is 1.42. The van der Waals surface area contributed by atoms with Crippen molar-refractivity contribution in [2.45, 2.75) is 66.0 Å². The molecule has 43 heavy (non-hydrogen) atoms. The first kappa shape index (κ1) is 31.7. The first-order valence-electron chi connectivity index (χ1n) is 14.6. The van der Waals surface area contributed by atoms with Crippen LogP contribution in [0.15, 0.2) is 88.5 Å². The van der Waals surface area contributed by atoms with Gasteiger partial charge >= 0.3 is 5.69 Å². The molecule has 0 radical (unpaired) electrons. The van der Waals surface area contributed by atoms with Gasteiger partial charge in [0.2, 0.25) is 5.78 Å². The fraction of sp³-hybridized carbons (Fsp3) is 0.306. The smallest absolute Gasteiger partial charge is 0.329 e. The topological polar surface area (TPSA) is 81.2 Å². The molecular formula is C36H40N2O4Si. The molecule has 1 N–H and O–H groups in total. The fourth-order valence-electron chi connectivity index (χ4n) is 5.85. The van der Waals surface area contributed by atoms with Crippen LogP contribution in [0.4, 0.5) is 0 Å². The summed E-state index contributed by atoms with van der Waals surface area (Å²) in [6, 6.07) is 26.1. The van der Waals surface area contributed by atoms with Crippen molar-refractivity contribution in [1.29, 1.82) is 0 Å². The van der Waals surface area contributed by atoms with Crippen molar-refractivity contribution in [3.05, 3.63) is 128 Å². The molecule has 1 aromatic heterocycles. The maximum absolute atomic E-state index is 13.9. The van der Waals surface area contributed by atoms with Crippen LogP contribution in [0.2, 0.25) is 5.04 Å². The zero-order valence-corrected chi connectivity index (χ0v) is 27.1. The highest BCUT2D eigenvalue weighted by atomic mass is 28.4. The Morgan fingerprint density at radius 2 is 1.42 bits per heavy atom. The number of benzene rings is 3. The minimum atomic E-state index is -2.78. The van der Waals surface area contributed by atoms with Gasteiger partial charge in [-0.2, -0.15) is 0 Å². The maximum Gasteiger partial charge on any atom is 0.329 e. The average molecular weight is 593 g/mol. The highest BCUT2D eigenvalue weighted by Gasteiger charge is 2.50. The third kappa shape index (κ3) is 6.56. The first-order chi connectivity index (χ1) is 20.4. The van der Waals surface area contributed by atoms with Gasteiger partial charge in [-0.05, 0) is 47.3 Å². The number of nitrogens with one attached hydrogen (secondary N) is 1. The summed E-state index contributed by atoms with van der Waals surface area (Å²) < 4.78 is 8.13. The van der Waals surface area contributed by atoms with Crippen molar-refractivity contribution >= 4 is 24.5 Å². The molecule has 0 atom stereocenters. The molecule has 0 unspecified atom stereocenters. The van der Waals surface area contributed by atoms with Gasteiger partial charge in [0.1, 0.15) is 5.69 Å². The van der Waals surface area contributed by atoms with E-state index in [4.69, 9.17) is 4.43 Å². The number of carbonyl (C=O) groups is 1. The third-order valence-corrected chi connectivity index (χ3v) is 12.6. The standard InChI is InChI=1S/C36H40N2O4Si/c1-25(2)31-32(33(39)28-23-26(3)22-27(4)24-28)38(35(41)37-34(31)40)20-14-15-21-42-43(36(5,6)7,29-16-10-8-11-17-29)30-18-12-9-13-19-30/h8-13,16-19,22-25H,20-21H2,1-7H3,(H,37,40,41). The van der Waals surface area contributed by atoms with Crippen LogP contribution in [0.25, 0.3) is 0 Å². The van der Waals surface area contributed by atoms with E-state index in [1.165, 1.54) is 4.57 Å². The molecule has 0 saturated heterocycles. The van der Waals surface area contributed by atoms with E-state index in [2.05, 4.69) is 61.9 Å². The molecule has 4 rings (SSSR count). The number of rotatable bonds is 8. The molecular weight excluding hydrogens is 552 g/mol. The Bertz CT molecular complexity index is 1730. The summed E-state index contributed by atoms with van der Waals surface area (Å²) in [5.74, 6) is 5.52. The summed E-state index contributed by atoms with van der Waals surface area (Å²) in [7, 11) is -2.78. The van der Waals surface area contributed by atoms with Crippen LogP contribution >= 0.6 is 0 Å². The normalized spacial score (nSPS) is 11.7. The number of carbonyl (C=O) groups excluding carboxylic acids is 1. The lowest BCUT2D eigenvalue weighted by Gasteiger charge is -2.42. The van der Waals surface area contributed by atoms with Crippen LogP contribution in [0.5, 0.6) is 0 Å². The molecule has 0 aliphatic rings. The van der Waals surface area contributed by atoms with E-state index in [1.54, 1.807) is 12.1 Å². The van der Waals surface area contributed by atoms with Gasteiger partial charge < -0.3 is 4.43 Å². The van der Waals surface area contributed by atoms with E-state index >= 15 is 0 Å². The highest BCUT2D eigenvalue weighted by Crippen LogP contribution is 2.36. The summed E-state index contributed by atoms with van der Waals surface area (Å²) in [5, 5.41) is 2.09. The largest absolute Gasteiger partial charge is 0.396 e. The fourth-order valence-corrected chi connectivity index (χ4v) is 10.3. The van der Waals surface area contributed by atoms with Gasteiger partial charge in [-0.1, -0.05) is 124 Å². The van der Waals surface area contributed by atoms with Gasteiger partial charge in [-0.15, -0.1) is 0 Å². The summed E-state index contributed by atoms with van der Waals surface area (Å²) >= 11 is 0. The molecule has 222 valence electrons. The van der Waals surface area contributed by atoms with E-state index in [1.807, 2.05) is 70.2 Å². The predicted octanol–water partition coefficient (Wildman–Crippen LogP) is 5.09. The predicted molar refractivity (Wildman–Crippen MR) is 176 cm³/mol. The summed E-state index contributed by atoms with van der Waals surface area (Å²) in [6.45, 7) is 14.2. The molecule has 4 aromatic rings. The minimum absolute atomic E-state index is 0.0642. The Morgan fingerprint density at radius 1 is 0.884 bits per heavy atom. The van der Waals surface area contributed by atoms with Gasteiger partial charge in [0.25, 0.3) is 13.9 Å². The van der Waals surface area contributed by atoms with Crippen molar-refractivity contribution < 1.29 is 9.22 Å². The lowest BCUT2D eigenvalue weighted by Crippen LogP contribution is -2.66. The van der Waals surface area contributed by atoms with E-state index in [-0.39, 0.29) is 41.1 Å². The number of aryl methyl sites for hydroxylation is 2. The Morgan fingerprint density at radius 3 is 1.91 bits per heavy atom. The van der Waals surface area contributed by atoms with Gasteiger partial charge in [-0.25, -0.2) is 4.79 Å². The van der Waals surface area contributed by atoms with E-state index in [0.29, 0.717) is 5.56 Å². The lowest BCUT2D eigenvalue weighted by molar-refractivity contribution is 0.102. The van der Waals surface area contributed by atoms with Crippen molar-refractivity contribution in [3.63, 3.8) is 0 Å². The molecule has 3 aromatic carbocycles. The van der Waals surface area contributed by atoms with Gasteiger partial charge in [0.05, 0.1) is 13.2 Å². The van der Waals surface area contributed by atoms with Crippen LogP contribution < -0.4 is 21.6 Å². The second-order valence-corrected chi connectivity index (χ2v) is 16.6. The second-order valence-electron chi connectivity index (χ2n) is 12.3. The van der Waals surface area contributed by atoms with Crippen molar-refractivity contribution in [2.75, 3.05) is 6.61 Å². The number of aromatic nitrogens is 2. The number of ketones is 1. The molecule has 0 fully saturated rings. The number of nitrogens with zero attached hydrogens (tertiary/aromatic N) is 1. The Labute approximate surface area is 254 Å². The number of hydrogen-bond donors (Lipinski definition) is 1. The van der Waals surface area contributed by atoms with E-state index in [0.717, 1.165) is 21.5 Å². The van der Waals surface area contributed by atoms with E-state index in [9.17, 15) is 14.4 Å². The van der Waals surface area contributed by atoms with Crippen molar-refractivity contribution in [2.24, 2.45) is 0 Å². The molecule has 0 saturated carbocycles. The number of aromatic amines is 1. The van der Waals surface area contributed by atoms with Crippen LogP contribution in [0, 0.1) is 25.7 Å². The van der Waals surface area contributed by atoms with Gasteiger partial charge in [-0.3, -0.25) is 19.1 Å².